The number of benzene rings is 2. The van der Waals surface area contributed by atoms with Gasteiger partial charge in [0.25, 0.3) is 0 Å². The van der Waals surface area contributed by atoms with Crippen LogP contribution in [-0.4, -0.2) is 19.0 Å². The van der Waals surface area contributed by atoms with E-state index >= 15 is 0 Å². The second kappa shape index (κ2) is 6.16. The first-order chi connectivity index (χ1) is 9.24. The summed E-state index contributed by atoms with van der Waals surface area (Å²) in [7, 11) is 1.61. The lowest BCUT2D eigenvalue weighted by Crippen LogP contribution is -2.43. The number of hydrogen-bond acceptors (Lipinski definition) is 2. The highest BCUT2D eigenvalue weighted by Crippen LogP contribution is 2.27. The van der Waals surface area contributed by atoms with Gasteiger partial charge in [0, 0.05) is 13.0 Å². The zero-order valence-corrected chi connectivity index (χ0v) is 10.9. The minimum atomic E-state index is -0.602. The lowest BCUT2D eigenvalue weighted by atomic mass is 9.85. The summed E-state index contributed by atoms with van der Waals surface area (Å²) in [5, 5.41) is 2.62. The van der Waals surface area contributed by atoms with Crippen molar-refractivity contribution in [3.8, 4) is 0 Å². The van der Waals surface area contributed by atoms with E-state index < -0.39 is 6.04 Å². The zero-order valence-electron chi connectivity index (χ0n) is 10.9. The minimum Gasteiger partial charge on any atom is -0.358 e. The number of carbonyl (C=O) groups is 1. The van der Waals surface area contributed by atoms with Crippen molar-refractivity contribution in [1.82, 2.24) is 5.32 Å². The Labute approximate surface area is 113 Å². The highest BCUT2D eigenvalue weighted by atomic mass is 16.2. The van der Waals surface area contributed by atoms with E-state index in [2.05, 4.69) is 5.32 Å². The van der Waals surface area contributed by atoms with Gasteiger partial charge in [-0.2, -0.15) is 0 Å². The third kappa shape index (κ3) is 3.01. The number of hydrogen-bond donors (Lipinski definition) is 2. The van der Waals surface area contributed by atoms with Gasteiger partial charge in [-0.05, 0) is 11.1 Å². The standard InChI is InChI=1S/C16H18N2O/c1-18-16(19)15(17)14(12-8-4-2-5-9-12)13-10-6-3-7-11-13/h2-11,14-15H,17H2,1H3,(H,18,19)/t15-/m0/s1. The third-order valence-electron chi connectivity index (χ3n) is 3.23. The van der Waals surface area contributed by atoms with Gasteiger partial charge in [-0.1, -0.05) is 60.7 Å². The first-order valence-corrected chi connectivity index (χ1v) is 6.31. The fourth-order valence-corrected chi connectivity index (χ4v) is 2.25. The zero-order chi connectivity index (χ0) is 13.7. The second-order valence-corrected chi connectivity index (χ2v) is 4.44. The first kappa shape index (κ1) is 13.3. The van der Waals surface area contributed by atoms with E-state index in [9.17, 15) is 4.79 Å². The van der Waals surface area contributed by atoms with Crippen LogP contribution in [0.15, 0.2) is 60.7 Å². The maximum atomic E-state index is 11.9. The Morgan fingerprint density at radius 1 is 0.947 bits per heavy atom. The molecule has 3 heteroatoms. The van der Waals surface area contributed by atoms with Gasteiger partial charge < -0.3 is 11.1 Å². The van der Waals surface area contributed by atoms with E-state index in [-0.39, 0.29) is 11.8 Å². The molecule has 0 aliphatic heterocycles. The fourth-order valence-electron chi connectivity index (χ4n) is 2.25. The molecule has 1 amide bonds. The highest BCUT2D eigenvalue weighted by Gasteiger charge is 2.26. The van der Waals surface area contributed by atoms with E-state index in [0.29, 0.717) is 0 Å². The van der Waals surface area contributed by atoms with Crippen molar-refractivity contribution in [2.45, 2.75) is 12.0 Å². The van der Waals surface area contributed by atoms with Crippen molar-refractivity contribution in [2.75, 3.05) is 7.05 Å². The molecule has 0 aliphatic rings. The van der Waals surface area contributed by atoms with Crippen LogP contribution in [0.3, 0.4) is 0 Å². The number of nitrogens with two attached hydrogens (primary N) is 1. The van der Waals surface area contributed by atoms with E-state index in [1.807, 2.05) is 60.7 Å². The van der Waals surface area contributed by atoms with Crippen LogP contribution in [0, 0.1) is 0 Å². The molecule has 0 saturated carbocycles. The molecular formula is C16H18N2O. The number of nitrogens with one attached hydrogen (secondary N) is 1. The molecule has 2 rings (SSSR count). The molecule has 19 heavy (non-hydrogen) atoms. The summed E-state index contributed by atoms with van der Waals surface area (Å²) >= 11 is 0. The van der Waals surface area contributed by atoms with Crippen LogP contribution in [0.2, 0.25) is 0 Å². The van der Waals surface area contributed by atoms with E-state index in [1.165, 1.54) is 0 Å². The smallest absolute Gasteiger partial charge is 0.237 e. The molecule has 3 N–H and O–H groups in total. The van der Waals surface area contributed by atoms with E-state index in [0.717, 1.165) is 11.1 Å². The average Bonchev–Trinajstić information content (AvgIpc) is 2.49. The summed E-state index contributed by atoms with van der Waals surface area (Å²) in [4.78, 5) is 11.9. The van der Waals surface area contributed by atoms with Crippen molar-refractivity contribution in [1.29, 1.82) is 0 Å². The predicted octanol–water partition coefficient (Wildman–Crippen LogP) is 1.89. The van der Waals surface area contributed by atoms with Crippen LogP contribution in [0.4, 0.5) is 0 Å². The van der Waals surface area contributed by atoms with Crippen molar-refractivity contribution < 1.29 is 4.79 Å². The maximum absolute atomic E-state index is 11.9. The van der Waals surface area contributed by atoms with Gasteiger partial charge >= 0.3 is 0 Å². The lowest BCUT2D eigenvalue weighted by Gasteiger charge is -2.23. The van der Waals surface area contributed by atoms with Gasteiger partial charge in [0.15, 0.2) is 0 Å². The summed E-state index contributed by atoms with van der Waals surface area (Å²) < 4.78 is 0. The molecule has 0 saturated heterocycles. The highest BCUT2D eigenvalue weighted by molar-refractivity contribution is 5.83. The summed E-state index contributed by atoms with van der Waals surface area (Å²) in [6.07, 6.45) is 0. The predicted molar refractivity (Wildman–Crippen MR) is 76.8 cm³/mol. The lowest BCUT2D eigenvalue weighted by molar-refractivity contribution is -0.122. The van der Waals surface area contributed by atoms with Gasteiger partial charge in [-0.25, -0.2) is 0 Å². The van der Waals surface area contributed by atoms with Crippen LogP contribution < -0.4 is 11.1 Å². The van der Waals surface area contributed by atoms with Gasteiger partial charge in [0.2, 0.25) is 5.91 Å². The first-order valence-electron chi connectivity index (χ1n) is 6.31. The largest absolute Gasteiger partial charge is 0.358 e. The van der Waals surface area contributed by atoms with E-state index in [1.54, 1.807) is 7.05 Å². The molecule has 3 nitrogen and oxygen atoms in total. The third-order valence-corrected chi connectivity index (χ3v) is 3.23. The number of amides is 1. The quantitative estimate of drug-likeness (QED) is 0.875. The summed E-state index contributed by atoms with van der Waals surface area (Å²) in [5.41, 5.74) is 8.22. The van der Waals surface area contributed by atoms with Crippen molar-refractivity contribution in [3.63, 3.8) is 0 Å². The monoisotopic (exact) mass is 254 g/mol. The Balaban J connectivity index is 2.43. The Morgan fingerprint density at radius 2 is 1.37 bits per heavy atom. The van der Waals surface area contributed by atoms with Crippen LogP contribution in [-0.2, 0) is 4.79 Å². The molecule has 2 aromatic rings. The molecule has 0 unspecified atom stereocenters. The Bertz CT molecular complexity index is 485. The molecule has 0 aromatic heterocycles. The Hall–Kier alpha value is -2.13. The fraction of sp³-hybridized carbons (Fsp3) is 0.188. The number of carbonyl (C=O) groups excluding carboxylic acids is 1. The molecular weight excluding hydrogens is 236 g/mol. The van der Waals surface area contributed by atoms with Crippen LogP contribution in [0.25, 0.3) is 0 Å². The SMILES string of the molecule is CNC(=O)[C@@H](N)C(c1ccccc1)c1ccccc1. The van der Waals surface area contributed by atoms with Gasteiger partial charge in [0.05, 0.1) is 6.04 Å². The topological polar surface area (TPSA) is 55.1 Å². The molecule has 98 valence electrons. The molecule has 0 spiro atoms. The van der Waals surface area contributed by atoms with E-state index in [4.69, 9.17) is 5.73 Å². The van der Waals surface area contributed by atoms with Crippen LogP contribution >= 0.6 is 0 Å². The molecule has 0 aliphatic carbocycles. The summed E-state index contributed by atoms with van der Waals surface area (Å²) in [6.45, 7) is 0. The van der Waals surface area contributed by atoms with Crippen LogP contribution in [0.1, 0.15) is 17.0 Å². The van der Waals surface area contributed by atoms with Crippen LogP contribution in [0.5, 0.6) is 0 Å². The van der Waals surface area contributed by atoms with Crippen molar-refractivity contribution >= 4 is 5.91 Å². The molecule has 0 bridgehead atoms. The minimum absolute atomic E-state index is 0.137. The Morgan fingerprint density at radius 3 is 1.74 bits per heavy atom. The van der Waals surface area contributed by atoms with Crippen molar-refractivity contribution in [2.24, 2.45) is 5.73 Å². The van der Waals surface area contributed by atoms with Gasteiger partial charge in [0.1, 0.15) is 0 Å². The van der Waals surface area contributed by atoms with Gasteiger partial charge in [-0.3, -0.25) is 4.79 Å². The summed E-state index contributed by atoms with van der Waals surface area (Å²) in [5.74, 6) is -0.292. The normalized spacial score (nSPS) is 12.2. The van der Waals surface area contributed by atoms with Gasteiger partial charge in [-0.15, -0.1) is 0 Å². The Kier molecular flexibility index (Phi) is 4.31. The molecule has 0 radical (unpaired) electrons. The molecule has 1 atom stereocenters. The molecule has 2 aromatic carbocycles. The molecule has 0 heterocycles. The van der Waals surface area contributed by atoms with Crippen molar-refractivity contribution in [3.05, 3.63) is 71.8 Å². The number of rotatable bonds is 4. The average molecular weight is 254 g/mol. The maximum Gasteiger partial charge on any atom is 0.237 e. The molecule has 0 fully saturated rings. The number of likely N-dealkylation sites (N-methyl/N-ethyl adjacent to an activating group) is 1. The summed E-state index contributed by atoms with van der Waals surface area (Å²) in [6, 6.07) is 19.2. The second-order valence-electron chi connectivity index (χ2n) is 4.44.